The monoisotopic (exact) mass is 338 g/mol. The minimum atomic E-state index is -3.46. The molecule has 0 spiro atoms. The van der Waals surface area contributed by atoms with Gasteiger partial charge in [-0.05, 0) is 31.0 Å². The third kappa shape index (κ3) is 5.34. The molecule has 126 valence electrons. The summed E-state index contributed by atoms with van der Waals surface area (Å²) in [4.78, 5) is 11.7. The summed E-state index contributed by atoms with van der Waals surface area (Å²) in [5.74, 6) is -0.445. The van der Waals surface area contributed by atoms with Gasteiger partial charge in [-0.25, -0.2) is 8.42 Å². The summed E-state index contributed by atoms with van der Waals surface area (Å²) in [5, 5.41) is 8.57. The Kier molecular flexibility index (Phi) is 7.20. The number of nitrogens with zero attached hydrogens (tertiary/aromatic N) is 2. The largest absolute Gasteiger partial charge is 0.447 e. The summed E-state index contributed by atoms with van der Waals surface area (Å²) in [5.41, 5.74) is 0.838. The number of hydrogen-bond acceptors (Lipinski definition) is 5. The number of esters is 1. The molecule has 23 heavy (non-hydrogen) atoms. The van der Waals surface area contributed by atoms with Crippen LogP contribution in [0.2, 0.25) is 0 Å². The van der Waals surface area contributed by atoms with Crippen molar-refractivity contribution >= 4 is 16.0 Å². The molecular weight excluding hydrogens is 316 g/mol. The molecule has 0 aliphatic heterocycles. The van der Waals surface area contributed by atoms with Crippen molar-refractivity contribution in [3.05, 3.63) is 29.8 Å². The summed E-state index contributed by atoms with van der Waals surface area (Å²) >= 11 is 0. The first-order valence-electron chi connectivity index (χ1n) is 7.53. The van der Waals surface area contributed by atoms with Crippen molar-refractivity contribution in [1.29, 1.82) is 5.26 Å². The van der Waals surface area contributed by atoms with E-state index >= 15 is 0 Å². The molecule has 6 nitrogen and oxygen atoms in total. The fraction of sp³-hybridized carbons (Fsp3) is 0.500. The van der Waals surface area contributed by atoms with Crippen LogP contribution in [0.15, 0.2) is 29.2 Å². The third-order valence-electron chi connectivity index (χ3n) is 3.37. The molecule has 0 radical (unpaired) electrons. The van der Waals surface area contributed by atoms with Gasteiger partial charge >= 0.3 is 5.97 Å². The van der Waals surface area contributed by atoms with Crippen LogP contribution >= 0.6 is 0 Å². The quantitative estimate of drug-likeness (QED) is 0.677. The van der Waals surface area contributed by atoms with Crippen LogP contribution in [-0.2, 0) is 26.0 Å². The Morgan fingerprint density at radius 2 is 1.83 bits per heavy atom. The fourth-order valence-electron chi connectivity index (χ4n) is 2.07. The van der Waals surface area contributed by atoms with Crippen LogP contribution in [0.25, 0.3) is 0 Å². The van der Waals surface area contributed by atoms with Crippen LogP contribution in [0.1, 0.15) is 32.8 Å². The molecule has 0 aliphatic rings. The first-order valence-corrected chi connectivity index (χ1v) is 8.97. The van der Waals surface area contributed by atoms with Gasteiger partial charge in [0, 0.05) is 19.5 Å². The second-order valence-corrected chi connectivity index (χ2v) is 6.93. The van der Waals surface area contributed by atoms with E-state index in [1.54, 1.807) is 38.1 Å². The van der Waals surface area contributed by atoms with Gasteiger partial charge in [-0.1, -0.05) is 26.0 Å². The molecule has 0 saturated heterocycles. The molecule has 0 aliphatic carbocycles. The van der Waals surface area contributed by atoms with Crippen molar-refractivity contribution in [3.63, 3.8) is 0 Å². The molecule has 0 amide bonds. The predicted octanol–water partition coefficient (Wildman–Crippen LogP) is 2.10. The predicted molar refractivity (Wildman–Crippen MR) is 86.0 cm³/mol. The summed E-state index contributed by atoms with van der Waals surface area (Å²) in [7, 11) is -3.46. The zero-order chi connectivity index (χ0) is 17.5. The molecule has 0 bridgehead atoms. The average molecular weight is 338 g/mol. The lowest BCUT2D eigenvalue weighted by Crippen LogP contribution is -2.30. The lowest BCUT2D eigenvalue weighted by molar-refractivity contribution is -0.145. The van der Waals surface area contributed by atoms with E-state index in [0.717, 1.165) is 5.56 Å². The molecule has 1 unspecified atom stereocenters. The van der Waals surface area contributed by atoms with Gasteiger partial charge in [-0.3, -0.25) is 4.79 Å². The highest BCUT2D eigenvalue weighted by Gasteiger charge is 2.21. The van der Waals surface area contributed by atoms with Crippen LogP contribution < -0.4 is 0 Å². The highest BCUT2D eigenvalue weighted by molar-refractivity contribution is 7.89. The number of hydrogen-bond donors (Lipinski definition) is 0. The number of nitriles is 1. The SMILES string of the molecule is CCN(CC)S(=O)(=O)c1ccc(CCC(=O)OC(C)C#N)cc1. The van der Waals surface area contributed by atoms with Crippen molar-refractivity contribution in [2.45, 2.75) is 44.6 Å². The van der Waals surface area contributed by atoms with Gasteiger partial charge in [0.2, 0.25) is 10.0 Å². The number of ether oxygens (including phenoxy) is 1. The Hall–Kier alpha value is -1.91. The zero-order valence-electron chi connectivity index (χ0n) is 13.7. The minimum Gasteiger partial charge on any atom is -0.447 e. The maximum absolute atomic E-state index is 12.3. The average Bonchev–Trinajstić information content (AvgIpc) is 2.54. The van der Waals surface area contributed by atoms with Crippen LogP contribution in [0.5, 0.6) is 0 Å². The molecule has 1 aromatic carbocycles. The molecule has 0 aromatic heterocycles. The Morgan fingerprint density at radius 1 is 1.26 bits per heavy atom. The second kappa shape index (κ2) is 8.65. The molecule has 7 heteroatoms. The number of carbonyl (C=O) groups excluding carboxylic acids is 1. The zero-order valence-corrected chi connectivity index (χ0v) is 14.5. The topological polar surface area (TPSA) is 87.5 Å². The lowest BCUT2D eigenvalue weighted by atomic mass is 10.1. The first kappa shape index (κ1) is 19.1. The van der Waals surface area contributed by atoms with Crippen molar-refractivity contribution in [2.75, 3.05) is 13.1 Å². The molecule has 0 saturated carbocycles. The normalized spacial score (nSPS) is 12.7. The Bertz CT molecular complexity index is 658. The molecule has 1 atom stereocenters. The van der Waals surface area contributed by atoms with Gasteiger partial charge in [-0.15, -0.1) is 0 Å². The van der Waals surface area contributed by atoms with Crippen LogP contribution in [0, 0.1) is 11.3 Å². The van der Waals surface area contributed by atoms with Gasteiger partial charge in [-0.2, -0.15) is 9.57 Å². The molecule has 0 fully saturated rings. The van der Waals surface area contributed by atoms with Crippen molar-refractivity contribution in [2.24, 2.45) is 0 Å². The minimum absolute atomic E-state index is 0.147. The van der Waals surface area contributed by atoms with Gasteiger partial charge in [0.1, 0.15) is 6.07 Å². The number of carbonyl (C=O) groups is 1. The summed E-state index contributed by atoms with van der Waals surface area (Å²) < 4.78 is 30.9. The Balaban J connectivity index is 2.71. The second-order valence-electron chi connectivity index (χ2n) is 4.99. The van der Waals surface area contributed by atoms with Gasteiger partial charge in [0.15, 0.2) is 6.10 Å². The highest BCUT2D eigenvalue weighted by Crippen LogP contribution is 2.17. The summed E-state index contributed by atoms with van der Waals surface area (Å²) in [6.45, 7) is 5.93. The van der Waals surface area contributed by atoms with Gasteiger partial charge in [0.25, 0.3) is 0 Å². The van der Waals surface area contributed by atoms with E-state index in [-0.39, 0.29) is 11.3 Å². The maximum atomic E-state index is 12.3. The lowest BCUT2D eigenvalue weighted by Gasteiger charge is -2.18. The van der Waals surface area contributed by atoms with E-state index in [4.69, 9.17) is 10.00 Å². The molecule has 1 aromatic rings. The highest BCUT2D eigenvalue weighted by atomic mass is 32.2. The van der Waals surface area contributed by atoms with E-state index < -0.39 is 22.1 Å². The molecular formula is C16H22N2O4S. The summed E-state index contributed by atoms with van der Waals surface area (Å²) in [6.07, 6.45) is -0.180. The van der Waals surface area contributed by atoms with Gasteiger partial charge in [0.05, 0.1) is 4.90 Å². The molecule has 0 heterocycles. The Morgan fingerprint density at radius 3 is 2.30 bits per heavy atom. The smallest absolute Gasteiger partial charge is 0.307 e. The first-order chi connectivity index (χ1) is 10.8. The number of sulfonamides is 1. The van der Waals surface area contributed by atoms with E-state index in [0.29, 0.717) is 19.5 Å². The van der Waals surface area contributed by atoms with Crippen LogP contribution in [-0.4, -0.2) is 37.9 Å². The molecule has 0 N–H and O–H groups in total. The standard InChI is InChI=1S/C16H22N2O4S/c1-4-18(5-2)23(20,21)15-9-6-14(7-10-15)8-11-16(19)22-13(3)12-17/h6-7,9-10,13H,4-5,8,11H2,1-3H3. The van der Waals surface area contributed by atoms with E-state index in [2.05, 4.69) is 0 Å². The summed E-state index contributed by atoms with van der Waals surface area (Å²) in [6, 6.07) is 8.30. The number of benzene rings is 1. The van der Waals surface area contributed by atoms with E-state index in [9.17, 15) is 13.2 Å². The Labute approximate surface area is 137 Å². The van der Waals surface area contributed by atoms with Crippen LogP contribution in [0.4, 0.5) is 0 Å². The van der Waals surface area contributed by atoms with Crippen molar-refractivity contribution in [3.8, 4) is 6.07 Å². The fourth-order valence-corrected chi connectivity index (χ4v) is 3.53. The number of aryl methyl sites for hydroxylation is 1. The third-order valence-corrected chi connectivity index (χ3v) is 5.44. The van der Waals surface area contributed by atoms with Crippen molar-refractivity contribution in [1.82, 2.24) is 4.31 Å². The molecule has 1 rings (SSSR count). The van der Waals surface area contributed by atoms with Gasteiger partial charge < -0.3 is 4.74 Å². The number of rotatable bonds is 8. The van der Waals surface area contributed by atoms with Crippen molar-refractivity contribution < 1.29 is 17.9 Å². The van der Waals surface area contributed by atoms with Crippen LogP contribution in [0.3, 0.4) is 0 Å². The van der Waals surface area contributed by atoms with E-state index in [1.165, 1.54) is 11.2 Å². The van der Waals surface area contributed by atoms with E-state index in [1.807, 2.05) is 6.07 Å². The maximum Gasteiger partial charge on any atom is 0.307 e.